The minimum absolute atomic E-state index is 0.203. The van der Waals surface area contributed by atoms with Crippen LogP contribution in [0.25, 0.3) is 0 Å². The molecule has 2 aromatic carbocycles. The van der Waals surface area contributed by atoms with Gasteiger partial charge in [0, 0.05) is 24.1 Å². The molecule has 0 saturated heterocycles. The van der Waals surface area contributed by atoms with Gasteiger partial charge >= 0.3 is 0 Å². The normalized spacial score (nSPS) is 14.0. The van der Waals surface area contributed by atoms with Gasteiger partial charge in [-0.2, -0.15) is 0 Å². The van der Waals surface area contributed by atoms with E-state index in [9.17, 15) is 8.78 Å². The second-order valence-electron chi connectivity index (χ2n) is 5.40. The summed E-state index contributed by atoms with van der Waals surface area (Å²) >= 11 is 0. The SMILES string of the molecule is CC(C=N)(CN)C(c1cccc(F)c1)c1cccc(F)c1. The lowest BCUT2D eigenvalue weighted by molar-refractivity contribution is 0.425. The molecule has 0 radical (unpaired) electrons. The third kappa shape index (κ3) is 3.16. The van der Waals surface area contributed by atoms with Crippen LogP contribution in [-0.4, -0.2) is 12.8 Å². The number of nitrogens with two attached hydrogens (primary N) is 1. The molecule has 2 aromatic rings. The van der Waals surface area contributed by atoms with Crippen molar-refractivity contribution in [3.63, 3.8) is 0 Å². The van der Waals surface area contributed by atoms with Gasteiger partial charge in [0.2, 0.25) is 0 Å². The van der Waals surface area contributed by atoms with E-state index in [4.69, 9.17) is 11.1 Å². The van der Waals surface area contributed by atoms with Gasteiger partial charge in [0.15, 0.2) is 0 Å². The van der Waals surface area contributed by atoms with Gasteiger partial charge in [-0.3, -0.25) is 0 Å². The Morgan fingerprint density at radius 1 is 1.10 bits per heavy atom. The number of halogens is 2. The van der Waals surface area contributed by atoms with Crippen molar-refractivity contribution in [3.8, 4) is 0 Å². The lowest BCUT2D eigenvalue weighted by atomic mass is 9.70. The molecule has 0 fully saturated rings. The van der Waals surface area contributed by atoms with Crippen LogP contribution in [0.3, 0.4) is 0 Å². The molecule has 3 N–H and O–H groups in total. The van der Waals surface area contributed by atoms with Crippen molar-refractivity contribution in [2.75, 3.05) is 6.54 Å². The molecule has 0 aliphatic carbocycles. The van der Waals surface area contributed by atoms with Crippen LogP contribution >= 0.6 is 0 Å². The molecule has 0 spiro atoms. The minimum atomic E-state index is -0.721. The van der Waals surface area contributed by atoms with E-state index in [1.165, 1.54) is 30.5 Å². The van der Waals surface area contributed by atoms with Gasteiger partial charge in [-0.05, 0) is 35.4 Å². The molecule has 2 nitrogen and oxygen atoms in total. The van der Waals surface area contributed by atoms with Crippen molar-refractivity contribution in [3.05, 3.63) is 71.3 Å². The quantitative estimate of drug-likeness (QED) is 0.810. The fourth-order valence-corrected chi connectivity index (χ4v) is 2.59. The number of benzene rings is 2. The number of hydrogen-bond acceptors (Lipinski definition) is 2. The van der Waals surface area contributed by atoms with Gasteiger partial charge < -0.3 is 11.1 Å². The Kier molecular flexibility index (Phi) is 4.48. The zero-order valence-electron chi connectivity index (χ0n) is 11.8. The Balaban J connectivity index is 2.62. The van der Waals surface area contributed by atoms with E-state index >= 15 is 0 Å². The highest BCUT2D eigenvalue weighted by Gasteiger charge is 2.34. The molecule has 21 heavy (non-hydrogen) atoms. The Labute approximate surface area is 123 Å². The van der Waals surface area contributed by atoms with Gasteiger partial charge in [0.05, 0.1) is 0 Å². The van der Waals surface area contributed by atoms with Crippen molar-refractivity contribution >= 4 is 6.21 Å². The van der Waals surface area contributed by atoms with Crippen molar-refractivity contribution in [2.45, 2.75) is 12.8 Å². The lowest BCUT2D eigenvalue weighted by Gasteiger charge is -2.34. The van der Waals surface area contributed by atoms with E-state index < -0.39 is 5.41 Å². The summed E-state index contributed by atoms with van der Waals surface area (Å²) in [6.07, 6.45) is 1.26. The first kappa shape index (κ1) is 15.3. The highest BCUT2D eigenvalue weighted by atomic mass is 19.1. The van der Waals surface area contributed by atoms with E-state index in [-0.39, 0.29) is 24.1 Å². The first-order valence-corrected chi connectivity index (χ1v) is 6.73. The summed E-state index contributed by atoms with van der Waals surface area (Å²) in [7, 11) is 0. The monoisotopic (exact) mass is 288 g/mol. The van der Waals surface area contributed by atoms with Gasteiger partial charge in [-0.15, -0.1) is 0 Å². The summed E-state index contributed by atoms with van der Waals surface area (Å²) < 4.78 is 27.1. The second-order valence-corrected chi connectivity index (χ2v) is 5.40. The third-order valence-electron chi connectivity index (χ3n) is 3.79. The van der Waals surface area contributed by atoms with Crippen LogP contribution in [0.1, 0.15) is 24.0 Å². The predicted molar refractivity (Wildman–Crippen MR) is 80.6 cm³/mol. The zero-order chi connectivity index (χ0) is 15.5. The number of nitrogens with one attached hydrogen (secondary N) is 1. The molecule has 0 saturated carbocycles. The van der Waals surface area contributed by atoms with Crippen LogP contribution in [0.15, 0.2) is 48.5 Å². The van der Waals surface area contributed by atoms with Crippen LogP contribution in [0.5, 0.6) is 0 Å². The fraction of sp³-hybridized carbons (Fsp3) is 0.235. The van der Waals surface area contributed by atoms with Gasteiger partial charge in [-0.1, -0.05) is 31.2 Å². The van der Waals surface area contributed by atoms with E-state index in [2.05, 4.69) is 0 Å². The number of hydrogen-bond donors (Lipinski definition) is 2. The summed E-state index contributed by atoms with van der Waals surface area (Å²) in [6.45, 7) is 2.02. The summed E-state index contributed by atoms with van der Waals surface area (Å²) in [5.41, 5.74) is 6.47. The average molecular weight is 288 g/mol. The molecule has 2 rings (SSSR count). The molecule has 1 atom stereocenters. The maximum Gasteiger partial charge on any atom is 0.123 e. The van der Waals surface area contributed by atoms with E-state index in [0.717, 1.165) is 0 Å². The third-order valence-corrected chi connectivity index (χ3v) is 3.79. The van der Waals surface area contributed by atoms with Crippen molar-refractivity contribution in [1.29, 1.82) is 5.41 Å². The molecular formula is C17H18F2N2. The maximum atomic E-state index is 13.6. The first-order valence-electron chi connectivity index (χ1n) is 6.73. The highest BCUT2D eigenvalue weighted by molar-refractivity contribution is 5.66. The van der Waals surface area contributed by atoms with Crippen LogP contribution in [-0.2, 0) is 0 Å². The Hall–Kier alpha value is -2.07. The summed E-state index contributed by atoms with van der Waals surface area (Å²) in [6, 6.07) is 12.3. The molecule has 0 aromatic heterocycles. The highest BCUT2D eigenvalue weighted by Crippen LogP contribution is 2.39. The Morgan fingerprint density at radius 3 is 1.90 bits per heavy atom. The van der Waals surface area contributed by atoms with Crippen molar-refractivity contribution in [2.24, 2.45) is 11.1 Å². The van der Waals surface area contributed by atoms with E-state index in [1.807, 2.05) is 6.92 Å². The van der Waals surface area contributed by atoms with Crippen LogP contribution in [0, 0.1) is 22.5 Å². The van der Waals surface area contributed by atoms with E-state index in [1.54, 1.807) is 24.3 Å². The van der Waals surface area contributed by atoms with Crippen LogP contribution in [0.2, 0.25) is 0 Å². The molecular weight excluding hydrogens is 270 g/mol. The standard InChI is InChI=1S/C17H18F2N2/c1-17(10-20,11-21)16(12-4-2-6-14(18)8-12)13-5-3-7-15(19)9-13/h2-10,16,20H,11,21H2,1H3. The average Bonchev–Trinajstić information content (AvgIpc) is 2.47. The van der Waals surface area contributed by atoms with Gasteiger partial charge in [-0.25, -0.2) is 8.78 Å². The van der Waals surface area contributed by atoms with Gasteiger partial charge in [0.25, 0.3) is 0 Å². The molecule has 0 heterocycles. The molecule has 0 amide bonds. The summed E-state index contributed by atoms with van der Waals surface area (Å²) in [4.78, 5) is 0. The molecule has 4 heteroatoms. The molecule has 0 aliphatic heterocycles. The smallest absolute Gasteiger partial charge is 0.123 e. The zero-order valence-corrected chi connectivity index (χ0v) is 11.8. The number of rotatable bonds is 5. The largest absolute Gasteiger partial charge is 0.330 e. The molecule has 0 aliphatic rings. The van der Waals surface area contributed by atoms with Crippen LogP contribution < -0.4 is 5.73 Å². The van der Waals surface area contributed by atoms with E-state index in [0.29, 0.717) is 11.1 Å². The molecule has 1 unspecified atom stereocenters. The topological polar surface area (TPSA) is 49.9 Å². The maximum absolute atomic E-state index is 13.6. The Bertz CT molecular complexity index is 597. The predicted octanol–water partition coefficient (Wildman–Crippen LogP) is 3.71. The fourth-order valence-electron chi connectivity index (χ4n) is 2.59. The van der Waals surface area contributed by atoms with Crippen LogP contribution in [0.4, 0.5) is 8.78 Å². The molecule has 0 bridgehead atoms. The van der Waals surface area contributed by atoms with Crippen molar-refractivity contribution in [1.82, 2.24) is 0 Å². The second kappa shape index (κ2) is 6.14. The Morgan fingerprint density at radius 2 is 1.57 bits per heavy atom. The van der Waals surface area contributed by atoms with Crippen molar-refractivity contribution < 1.29 is 8.78 Å². The summed E-state index contributed by atoms with van der Waals surface area (Å²) in [5, 5.41) is 7.70. The first-order chi connectivity index (χ1) is 10.00. The molecule has 110 valence electrons. The lowest BCUT2D eigenvalue weighted by Crippen LogP contribution is -2.36. The summed E-state index contributed by atoms with van der Waals surface area (Å²) in [5.74, 6) is -1.11. The minimum Gasteiger partial charge on any atom is -0.330 e. The van der Waals surface area contributed by atoms with Gasteiger partial charge in [0.1, 0.15) is 11.6 Å².